The molecule has 1 amide bonds. The van der Waals surface area contributed by atoms with Crippen molar-refractivity contribution in [2.24, 2.45) is 18.5 Å². The fourth-order valence-corrected chi connectivity index (χ4v) is 4.75. The molecule has 2 unspecified atom stereocenters. The molecule has 2 heterocycles. The molecule has 130 valence electrons. The van der Waals surface area contributed by atoms with Crippen LogP contribution in [0.5, 0.6) is 0 Å². The van der Waals surface area contributed by atoms with Gasteiger partial charge in [0.15, 0.2) is 0 Å². The van der Waals surface area contributed by atoms with Crippen molar-refractivity contribution < 1.29 is 4.79 Å². The van der Waals surface area contributed by atoms with Crippen molar-refractivity contribution in [3.05, 3.63) is 62.4 Å². The second kappa shape index (κ2) is 7.17. The molecule has 0 saturated heterocycles. The number of nitrogens with two attached hydrogens (primary N) is 2. The molecule has 0 aliphatic rings. The SMILES string of the molecule is Cn1nccc1-c1c(Cl)sc(C(N)C(C(N)=O)c2ccccc2)c1Cl. The molecular formula is C17H16Cl2N4OS. The summed E-state index contributed by atoms with van der Waals surface area (Å²) in [5.74, 6) is -1.21. The molecule has 1 aromatic carbocycles. The van der Waals surface area contributed by atoms with E-state index in [4.69, 9.17) is 34.7 Å². The lowest BCUT2D eigenvalue weighted by atomic mass is 9.90. The largest absolute Gasteiger partial charge is 0.369 e. The first-order valence-corrected chi connectivity index (χ1v) is 9.05. The molecule has 0 aliphatic carbocycles. The first kappa shape index (κ1) is 17.9. The molecule has 4 N–H and O–H groups in total. The third-order valence-corrected chi connectivity index (χ3v) is 6.04. The van der Waals surface area contributed by atoms with Crippen LogP contribution in [0.15, 0.2) is 42.6 Å². The number of hydrogen-bond donors (Lipinski definition) is 2. The Morgan fingerprint density at radius 1 is 1.24 bits per heavy atom. The summed E-state index contributed by atoms with van der Waals surface area (Å²) in [4.78, 5) is 12.7. The zero-order valence-corrected chi connectivity index (χ0v) is 15.6. The number of nitrogens with zero attached hydrogens (tertiary/aromatic N) is 2. The molecule has 0 bridgehead atoms. The predicted molar refractivity (Wildman–Crippen MR) is 102 cm³/mol. The van der Waals surface area contributed by atoms with Crippen LogP contribution in [0.2, 0.25) is 9.36 Å². The number of rotatable bonds is 5. The molecule has 2 aromatic heterocycles. The van der Waals surface area contributed by atoms with E-state index in [2.05, 4.69) is 5.10 Å². The molecule has 0 saturated carbocycles. The molecule has 0 aliphatic heterocycles. The number of thiophene rings is 1. The zero-order chi connectivity index (χ0) is 18.1. The Morgan fingerprint density at radius 3 is 2.48 bits per heavy atom. The molecule has 0 fully saturated rings. The van der Waals surface area contributed by atoms with E-state index in [-0.39, 0.29) is 0 Å². The normalized spacial score (nSPS) is 13.6. The Labute approximate surface area is 159 Å². The average molecular weight is 395 g/mol. The van der Waals surface area contributed by atoms with Crippen molar-refractivity contribution in [1.82, 2.24) is 9.78 Å². The summed E-state index contributed by atoms with van der Waals surface area (Å²) in [6.45, 7) is 0. The number of hydrogen-bond acceptors (Lipinski definition) is 4. The fraction of sp³-hybridized carbons (Fsp3) is 0.176. The van der Waals surface area contributed by atoms with Gasteiger partial charge in [0.05, 0.1) is 22.7 Å². The van der Waals surface area contributed by atoms with E-state index < -0.39 is 17.9 Å². The van der Waals surface area contributed by atoms with Gasteiger partial charge in [-0.05, 0) is 11.6 Å². The van der Waals surface area contributed by atoms with Gasteiger partial charge in [-0.3, -0.25) is 9.48 Å². The van der Waals surface area contributed by atoms with Gasteiger partial charge in [-0.15, -0.1) is 11.3 Å². The highest BCUT2D eigenvalue weighted by Crippen LogP contribution is 2.47. The second-order valence-electron chi connectivity index (χ2n) is 5.59. The highest BCUT2D eigenvalue weighted by Gasteiger charge is 2.32. The minimum absolute atomic E-state index is 0.424. The van der Waals surface area contributed by atoms with Crippen LogP contribution in [0, 0.1) is 0 Å². The van der Waals surface area contributed by atoms with Crippen molar-refractivity contribution in [1.29, 1.82) is 0 Å². The van der Waals surface area contributed by atoms with Crippen molar-refractivity contribution >= 4 is 40.4 Å². The number of carbonyl (C=O) groups is 1. The van der Waals surface area contributed by atoms with Gasteiger partial charge in [0.25, 0.3) is 0 Å². The standard InChI is InChI=1S/C17H16Cl2N4OS/c1-23-10(7-8-22-23)12-13(18)15(25-16(12)19)14(20)11(17(21)24)9-5-3-2-4-6-9/h2-8,11,14H,20H2,1H3,(H2,21,24). The van der Waals surface area contributed by atoms with Crippen LogP contribution in [-0.4, -0.2) is 15.7 Å². The molecule has 25 heavy (non-hydrogen) atoms. The van der Waals surface area contributed by atoms with Gasteiger partial charge < -0.3 is 11.5 Å². The number of amides is 1. The van der Waals surface area contributed by atoms with E-state index in [1.165, 1.54) is 11.3 Å². The maximum atomic E-state index is 12.1. The minimum Gasteiger partial charge on any atom is -0.369 e. The van der Waals surface area contributed by atoms with Gasteiger partial charge in [-0.1, -0.05) is 53.5 Å². The molecular weight excluding hydrogens is 379 g/mol. The quantitative estimate of drug-likeness (QED) is 0.690. The number of halogens is 2. The third-order valence-electron chi connectivity index (χ3n) is 4.04. The molecule has 3 rings (SSSR count). The van der Waals surface area contributed by atoms with Crippen LogP contribution in [-0.2, 0) is 11.8 Å². The fourth-order valence-electron chi connectivity index (χ4n) is 2.81. The Hall–Kier alpha value is -1.86. The Balaban J connectivity index is 2.07. The summed E-state index contributed by atoms with van der Waals surface area (Å²) in [5.41, 5.74) is 14.2. The van der Waals surface area contributed by atoms with E-state index in [0.29, 0.717) is 19.8 Å². The second-order valence-corrected chi connectivity index (χ2v) is 7.62. The van der Waals surface area contributed by atoms with Gasteiger partial charge in [0.1, 0.15) is 4.34 Å². The van der Waals surface area contributed by atoms with E-state index in [1.807, 2.05) is 36.4 Å². The summed E-state index contributed by atoms with van der Waals surface area (Å²) in [6, 6.07) is 10.3. The summed E-state index contributed by atoms with van der Waals surface area (Å²) >= 11 is 14.2. The number of aromatic nitrogens is 2. The summed E-state index contributed by atoms with van der Waals surface area (Å²) in [7, 11) is 1.80. The maximum absolute atomic E-state index is 12.1. The Morgan fingerprint density at radius 2 is 1.92 bits per heavy atom. The van der Waals surface area contributed by atoms with Crippen LogP contribution >= 0.6 is 34.5 Å². The lowest BCUT2D eigenvalue weighted by Crippen LogP contribution is -2.31. The van der Waals surface area contributed by atoms with E-state index >= 15 is 0 Å². The summed E-state index contributed by atoms with van der Waals surface area (Å²) in [5, 5.41) is 4.56. The zero-order valence-electron chi connectivity index (χ0n) is 13.3. The van der Waals surface area contributed by atoms with Crippen LogP contribution in [0.3, 0.4) is 0 Å². The topological polar surface area (TPSA) is 86.9 Å². The Kier molecular flexibility index (Phi) is 5.15. The smallest absolute Gasteiger partial charge is 0.226 e. The van der Waals surface area contributed by atoms with Crippen LogP contribution in [0.1, 0.15) is 22.4 Å². The molecule has 0 radical (unpaired) electrons. The lowest BCUT2D eigenvalue weighted by molar-refractivity contribution is -0.119. The van der Waals surface area contributed by atoms with Crippen molar-refractivity contribution in [2.45, 2.75) is 12.0 Å². The van der Waals surface area contributed by atoms with E-state index in [0.717, 1.165) is 11.3 Å². The number of primary amides is 1. The predicted octanol–water partition coefficient (Wildman–Crippen LogP) is 3.72. The highest BCUT2D eigenvalue weighted by molar-refractivity contribution is 7.17. The maximum Gasteiger partial charge on any atom is 0.226 e. The minimum atomic E-state index is -0.701. The van der Waals surface area contributed by atoms with E-state index in [1.54, 1.807) is 17.9 Å². The number of carbonyl (C=O) groups excluding carboxylic acids is 1. The number of benzene rings is 1. The van der Waals surface area contributed by atoms with Gasteiger partial charge in [-0.25, -0.2) is 0 Å². The van der Waals surface area contributed by atoms with Crippen molar-refractivity contribution in [3.63, 3.8) is 0 Å². The van der Waals surface area contributed by atoms with Crippen LogP contribution < -0.4 is 11.5 Å². The average Bonchev–Trinajstić information content (AvgIpc) is 3.11. The van der Waals surface area contributed by atoms with Crippen molar-refractivity contribution in [2.75, 3.05) is 0 Å². The molecule has 0 spiro atoms. The number of aryl methyl sites for hydroxylation is 1. The first-order valence-electron chi connectivity index (χ1n) is 7.47. The van der Waals surface area contributed by atoms with Crippen LogP contribution in [0.25, 0.3) is 11.3 Å². The molecule has 2 atom stereocenters. The summed E-state index contributed by atoms with van der Waals surface area (Å²) < 4.78 is 2.17. The van der Waals surface area contributed by atoms with E-state index in [9.17, 15) is 4.79 Å². The first-order chi connectivity index (χ1) is 11.9. The van der Waals surface area contributed by atoms with Gasteiger partial charge >= 0.3 is 0 Å². The van der Waals surface area contributed by atoms with Gasteiger partial charge in [-0.2, -0.15) is 5.10 Å². The third kappa shape index (κ3) is 3.30. The van der Waals surface area contributed by atoms with Crippen LogP contribution in [0.4, 0.5) is 0 Å². The molecule has 5 nitrogen and oxygen atoms in total. The van der Waals surface area contributed by atoms with Gasteiger partial charge in [0, 0.05) is 23.7 Å². The summed E-state index contributed by atoms with van der Waals surface area (Å²) in [6.07, 6.45) is 1.66. The van der Waals surface area contributed by atoms with Gasteiger partial charge in [0.2, 0.25) is 5.91 Å². The van der Waals surface area contributed by atoms with Crippen molar-refractivity contribution in [3.8, 4) is 11.3 Å². The lowest BCUT2D eigenvalue weighted by Gasteiger charge is -2.21. The molecule has 8 heteroatoms. The Bertz CT molecular complexity index is 907. The monoisotopic (exact) mass is 394 g/mol. The molecule has 3 aromatic rings. The highest BCUT2D eigenvalue weighted by atomic mass is 35.5.